The summed E-state index contributed by atoms with van der Waals surface area (Å²) in [6.07, 6.45) is 14.7. The van der Waals surface area contributed by atoms with Gasteiger partial charge in [0.2, 0.25) is 0 Å². The number of fused-ring (bicyclic) bond motifs is 5. The van der Waals surface area contributed by atoms with Gasteiger partial charge >= 0.3 is 0 Å². The SMILES string of the molecule is C[C@]12C=CC=CC1=Nc1c2c(-c2ccc(-c3cccc(C4=C\C=C\C(c5ccccc5)=N/C(c5ccccc5)=N\4)c3)cc2)nc2ccccc12. The molecule has 1 aromatic heterocycles. The lowest BCUT2D eigenvalue weighted by Gasteiger charge is -2.26. The van der Waals surface area contributed by atoms with Gasteiger partial charge in [-0.15, -0.1) is 0 Å². The van der Waals surface area contributed by atoms with E-state index in [1.807, 2.05) is 48.5 Å². The van der Waals surface area contributed by atoms with Crippen LogP contribution in [0, 0.1) is 0 Å². The van der Waals surface area contributed by atoms with Gasteiger partial charge in [0.25, 0.3) is 0 Å². The van der Waals surface area contributed by atoms with Gasteiger partial charge in [0, 0.05) is 33.2 Å². The highest BCUT2D eigenvalue weighted by molar-refractivity contribution is 6.18. The van der Waals surface area contributed by atoms with Crippen molar-refractivity contribution in [2.45, 2.75) is 12.3 Å². The third-order valence-electron chi connectivity index (χ3n) is 9.66. The van der Waals surface area contributed by atoms with E-state index in [4.69, 9.17) is 20.0 Å². The highest BCUT2D eigenvalue weighted by Gasteiger charge is 2.40. The Hall–Kier alpha value is -6.52. The number of pyridine rings is 1. The Labute approximate surface area is 291 Å². The van der Waals surface area contributed by atoms with E-state index in [1.54, 1.807) is 0 Å². The molecule has 4 heteroatoms. The first-order chi connectivity index (χ1) is 24.6. The molecular formula is C46H32N4. The summed E-state index contributed by atoms with van der Waals surface area (Å²) in [5, 5.41) is 1.09. The van der Waals surface area contributed by atoms with Crippen molar-refractivity contribution in [3.8, 4) is 22.4 Å². The van der Waals surface area contributed by atoms with Crippen molar-refractivity contribution in [3.63, 3.8) is 0 Å². The first-order valence-electron chi connectivity index (χ1n) is 16.9. The first-order valence-corrected chi connectivity index (χ1v) is 16.9. The van der Waals surface area contributed by atoms with E-state index in [9.17, 15) is 0 Å². The maximum atomic E-state index is 5.23. The van der Waals surface area contributed by atoms with Crippen LogP contribution in [0.3, 0.4) is 0 Å². The Morgan fingerprint density at radius 3 is 2.04 bits per heavy atom. The molecular weight excluding hydrogens is 609 g/mol. The standard InChI is InChI=1S/C46H32N4/c1-46-29-11-10-24-41(46)50-44-37-20-8-9-21-40(37)47-43(42(44)46)33-27-25-31(26-28-33)35-18-12-19-36(30-35)39-23-13-22-38(32-14-4-2-5-15-32)48-45(49-39)34-16-6-3-7-17-34/h2-30H,1H3/b22-13+,23-13?,38-22?,39-23+,48-38+,48-45?,49-39?,49-45-/t46-/m0/s1. The topological polar surface area (TPSA) is 50.0 Å². The van der Waals surface area contributed by atoms with Crippen LogP contribution in [0.4, 0.5) is 5.69 Å². The molecule has 236 valence electrons. The van der Waals surface area contributed by atoms with Gasteiger partial charge in [-0.25, -0.2) is 15.0 Å². The Bertz CT molecular complexity index is 2510. The number of aromatic nitrogens is 1. The molecule has 4 nitrogen and oxygen atoms in total. The van der Waals surface area contributed by atoms with Crippen LogP contribution in [-0.2, 0) is 5.41 Å². The Balaban J connectivity index is 1.08. The van der Waals surface area contributed by atoms with Gasteiger partial charge in [-0.1, -0.05) is 146 Å². The molecule has 9 rings (SSSR count). The lowest BCUT2D eigenvalue weighted by atomic mass is 9.75. The van der Waals surface area contributed by atoms with Gasteiger partial charge < -0.3 is 0 Å². The summed E-state index contributed by atoms with van der Waals surface area (Å²) in [6, 6.07) is 46.0. The molecule has 5 aromatic carbocycles. The largest absolute Gasteiger partial charge is 0.251 e. The van der Waals surface area contributed by atoms with E-state index in [2.05, 4.69) is 134 Å². The molecule has 0 amide bonds. The van der Waals surface area contributed by atoms with Crippen LogP contribution in [0.1, 0.15) is 29.2 Å². The molecule has 0 N–H and O–H groups in total. The van der Waals surface area contributed by atoms with E-state index in [0.717, 1.165) is 78.3 Å². The lowest BCUT2D eigenvalue weighted by molar-refractivity contribution is 0.830. The first kappa shape index (κ1) is 29.6. The molecule has 0 saturated carbocycles. The van der Waals surface area contributed by atoms with Crippen molar-refractivity contribution in [1.29, 1.82) is 0 Å². The maximum Gasteiger partial charge on any atom is 0.160 e. The van der Waals surface area contributed by atoms with Crippen molar-refractivity contribution >= 4 is 39.5 Å². The number of nitrogens with zero attached hydrogens (tertiary/aromatic N) is 4. The molecule has 1 atom stereocenters. The van der Waals surface area contributed by atoms with Crippen molar-refractivity contribution < 1.29 is 0 Å². The van der Waals surface area contributed by atoms with Gasteiger partial charge in [0.05, 0.1) is 39.4 Å². The van der Waals surface area contributed by atoms with Crippen LogP contribution in [0.15, 0.2) is 191 Å². The number of hydrogen-bond donors (Lipinski definition) is 0. The normalized spacial score (nSPS) is 21.4. The van der Waals surface area contributed by atoms with E-state index in [0.29, 0.717) is 5.84 Å². The second kappa shape index (κ2) is 12.2. The van der Waals surface area contributed by atoms with Gasteiger partial charge in [0.15, 0.2) is 5.84 Å². The van der Waals surface area contributed by atoms with Gasteiger partial charge in [-0.2, -0.15) is 0 Å². The highest BCUT2D eigenvalue weighted by atomic mass is 14.9. The summed E-state index contributed by atoms with van der Waals surface area (Å²) >= 11 is 0. The summed E-state index contributed by atoms with van der Waals surface area (Å²) in [5.41, 5.74) is 12.9. The van der Waals surface area contributed by atoms with Gasteiger partial charge in [0.1, 0.15) is 0 Å². The zero-order valence-electron chi connectivity index (χ0n) is 27.5. The summed E-state index contributed by atoms with van der Waals surface area (Å²) < 4.78 is 0. The summed E-state index contributed by atoms with van der Waals surface area (Å²) in [5.74, 6) is 0.675. The molecule has 3 aliphatic rings. The van der Waals surface area contributed by atoms with Crippen molar-refractivity contribution in [3.05, 3.63) is 198 Å². The van der Waals surface area contributed by atoms with Gasteiger partial charge in [-0.05, 0) is 48.4 Å². The Morgan fingerprint density at radius 2 is 1.22 bits per heavy atom. The van der Waals surface area contributed by atoms with Crippen molar-refractivity contribution in [2.75, 3.05) is 0 Å². The van der Waals surface area contributed by atoms with E-state index < -0.39 is 0 Å². The fraction of sp³-hybridized carbons (Fsp3) is 0.0435. The molecule has 0 radical (unpaired) electrons. The minimum atomic E-state index is -0.325. The molecule has 0 saturated heterocycles. The molecule has 1 aliphatic carbocycles. The predicted molar refractivity (Wildman–Crippen MR) is 208 cm³/mol. The van der Waals surface area contributed by atoms with Crippen LogP contribution in [0.25, 0.3) is 39.0 Å². The number of hydrogen-bond acceptors (Lipinski definition) is 4. The number of rotatable bonds is 5. The number of aliphatic imine (C=N–C) groups is 3. The van der Waals surface area contributed by atoms with Crippen LogP contribution < -0.4 is 0 Å². The third kappa shape index (κ3) is 5.19. The number of amidine groups is 1. The van der Waals surface area contributed by atoms with Crippen LogP contribution in [-0.4, -0.2) is 22.2 Å². The molecule has 0 unspecified atom stereocenters. The van der Waals surface area contributed by atoms with Crippen molar-refractivity contribution in [2.24, 2.45) is 15.0 Å². The quantitative estimate of drug-likeness (QED) is 0.185. The molecule has 2 aliphatic heterocycles. The average Bonchev–Trinajstić information content (AvgIpc) is 3.49. The number of allylic oxidation sites excluding steroid dienone is 7. The molecule has 3 heterocycles. The molecule has 6 aromatic rings. The minimum Gasteiger partial charge on any atom is -0.251 e. The van der Waals surface area contributed by atoms with Crippen LogP contribution >= 0.6 is 0 Å². The fourth-order valence-corrected chi connectivity index (χ4v) is 7.03. The monoisotopic (exact) mass is 640 g/mol. The second-order valence-corrected chi connectivity index (χ2v) is 12.9. The maximum absolute atomic E-state index is 5.23. The lowest BCUT2D eigenvalue weighted by Crippen LogP contribution is -2.28. The van der Waals surface area contributed by atoms with Crippen LogP contribution in [0.5, 0.6) is 0 Å². The third-order valence-corrected chi connectivity index (χ3v) is 9.66. The molecule has 0 fully saturated rings. The molecule has 50 heavy (non-hydrogen) atoms. The second-order valence-electron chi connectivity index (χ2n) is 12.9. The zero-order chi connectivity index (χ0) is 33.5. The average molecular weight is 641 g/mol. The summed E-state index contributed by atoms with van der Waals surface area (Å²) in [7, 11) is 0. The Morgan fingerprint density at radius 1 is 0.520 bits per heavy atom. The van der Waals surface area contributed by atoms with E-state index in [1.165, 1.54) is 0 Å². The van der Waals surface area contributed by atoms with Crippen LogP contribution in [0.2, 0.25) is 0 Å². The Kier molecular flexibility index (Phi) is 7.21. The molecule has 0 spiro atoms. The highest BCUT2D eigenvalue weighted by Crippen LogP contribution is 2.50. The van der Waals surface area contributed by atoms with E-state index in [-0.39, 0.29) is 5.41 Å². The predicted octanol–water partition coefficient (Wildman–Crippen LogP) is 10.9. The molecule has 0 bridgehead atoms. The minimum absolute atomic E-state index is 0.325. The van der Waals surface area contributed by atoms with Gasteiger partial charge in [-0.3, -0.25) is 4.99 Å². The zero-order valence-corrected chi connectivity index (χ0v) is 27.5. The van der Waals surface area contributed by atoms with Crippen molar-refractivity contribution in [1.82, 2.24) is 4.98 Å². The summed E-state index contributed by atoms with van der Waals surface area (Å²) in [6.45, 7) is 2.25. The summed E-state index contributed by atoms with van der Waals surface area (Å²) in [4.78, 5) is 20.6. The fourth-order valence-electron chi connectivity index (χ4n) is 7.03. The number of para-hydroxylation sites is 1. The number of benzene rings is 5. The smallest absolute Gasteiger partial charge is 0.160 e. The van der Waals surface area contributed by atoms with E-state index >= 15 is 0 Å².